The highest BCUT2D eigenvalue weighted by Crippen LogP contribution is 2.24. The number of rotatable bonds is 10. The Labute approximate surface area is 184 Å². The summed E-state index contributed by atoms with van der Waals surface area (Å²) in [7, 11) is 1.45. The summed E-state index contributed by atoms with van der Waals surface area (Å²) in [4.78, 5) is 24.1. The average molecular weight is 443 g/mol. The number of halogens is 1. The summed E-state index contributed by atoms with van der Waals surface area (Å²) in [5.74, 6) is -2.15. The van der Waals surface area contributed by atoms with Gasteiger partial charge in [0.15, 0.2) is 5.69 Å². The van der Waals surface area contributed by atoms with Gasteiger partial charge in [-0.15, -0.1) is 0 Å². The topological polar surface area (TPSA) is 117 Å². The maximum absolute atomic E-state index is 12.5. The number of aromatic amines is 1. The second-order valence-corrected chi connectivity index (χ2v) is 7.60. The number of nitrogens with zero attached hydrogens (tertiary/aromatic N) is 2. The molecule has 0 radical (unpaired) electrons. The predicted octanol–water partition coefficient (Wildman–Crippen LogP) is 3.20. The molecule has 1 heterocycles. The molecule has 0 bridgehead atoms. The first-order valence-corrected chi connectivity index (χ1v) is 10.1. The molecule has 3 aromatic rings. The van der Waals surface area contributed by atoms with Gasteiger partial charge >= 0.3 is 5.97 Å². The highest BCUT2D eigenvalue weighted by Gasteiger charge is 2.25. The molecule has 2 unspecified atom stereocenters. The molecule has 162 valence electrons. The van der Waals surface area contributed by atoms with Crippen molar-refractivity contribution < 1.29 is 19.4 Å². The van der Waals surface area contributed by atoms with E-state index in [1.54, 1.807) is 0 Å². The molecule has 0 spiro atoms. The van der Waals surface area contributed by atoms with Crippen LogP contribution in [-0.4, -0.2) is 52.2 Å². The van der Waals surface area contributed by atoms with Crippen LogP contribution >= 0.6 is 11.6 Å². The second kappa shape index (κ2) is 10.7. The number of H-pyrrole nitrogens is 1. The van der Waals surface area contributed by atoms with Crippen LogP contribution in [0.4, 0.5) is 0 Å². The van der Waals surface area contributed by atoms with Crippen LogP contribution in [-0.2, 0) is 16.0 Å². The Bertz CT molecular complexity index is 1010. The van der Waals surface area contributed by atoms with E-state index in [-0.39, 0.29) is 18.7 Å². The fraction of sp³-hybridized carbons (Fsp3) is 0.273. The molecular formula is C22H23ClN4O4. The van der Waals surface area contributed by atoms with Crippen LogP contribution in [0.2, 0.25) is 5.02 Å². The molecule has 2 atom stereocenters. The van der Waals surface area contributed by atoms with Gasteiger partial charge in [0.25, 0.3) is 5.91 Å². The van der Waals surface area contributed by atoms with Crippen molar-refractivity contribution in [3.63, 3.8) is 0 Å². The summed E-state index contributed by atoms with van der Waals surface area (Å²) in [6, 6.07) is 15.0. The summed E-state index contributed by atoms with van der Waals surface area (Å²) in [5.41, 5.74) is 3.11. The molecule has 0 saturated heterocycles. The number of hydrogen-bond acceptors (Lipinski definition) is 5. The lowest BCUT2D eigenvalue weighted by Gasteiger charge is -2.22. The van der Waals surface area contributed by atoms with Crippen molar-refractivity contribution in [2.45, 2.75) is 18.9 Å². The number of hydrogen-bond donors (Lipinski definition) is 3. The third kappa shape index (κ3) is 6.37. The first kappa shape index (κ1) is 22.5. The monoisotopic (exact) mass is 442 g/mol. The van der Waals surface area contributed by atoms with Gasteiger partial charge in [-0.1, -0.05) is 48.0 Å². The lowest BCUT2D eigenvalue weighted by molar-refractivity contribution is -0.144. The Kier molecular flexibility index (Phi) is 7.75. The summed E-state index contributed by atoms with van der Waals surface area (Å²) >= 11 is 6.08. The van der Waals surface area contributed by atoms with E-state index < -0.39 is 23.8 Å². The van der Waals surface area contributed by atoms with Crippen LogP contribution in [0.3, 0.4) is 0 Å². The molecule has 1 amide bonds. The van der Waals surface area contributed by atoms with Crippen LogP contribution in [0, 0.1) is 5.92 Å². The van der Waals surface area contributed by atoms with Crippen LogP contribution in [0.15, 0.2) is 54.7 Å². The molecule has 0 aliphatic rings. The maximum Gasteiger partial charge on any atom is 0.308 e. The van der Waals surface area contributed by atoms with Gasteiger partial charge in [-0.3, -0.25) is 9.59 Å². The highest BCUT2D eigenvalue weighted by molar-refractivity contribution is 6.30. The largest absolute Gasteiger partial charge is 0.481 e. The number of benzene rings is 2. The van der Waals surface area contributed by atoms with E-state index in [1.165, 1.54) is 13.3 Å². The lowest BCUT2D eigenvalue weighted by Crippen LogP contribution is -2.40. The number of nitrogens with one attached hydrogen (secondary N) is 2. The average Bonchev–Trinajstić information content (AvgIpc) is 3.29. The van der Waals surface area contributed by atoms with E-state index in [2.05, 4.69) is 20.7 Å². The summed E-state index contributed by atoms with van der Waals surface area (Å²) in [6.45, 7) is 0.0549. The Hall–Kier alpha value is -3.23. The van der Waals surface area contributed by atoms with Crippen LogP contribution in [0.25, 0.3) is 11.1 Å². The van der Waals surface area contributed by atoms with Crippen molar-refractivity contribution in [2.75, 3.05) is 13.7 Å². The van der Waals surface area contributed by atoms with Gasteiger partial charge in [0.1, 0.15) is 0 Å². The predicted molar refractivity (Wildman–Crippen MR) is 116 cm³/mol. The summed E-state index contributed by atoms with van der Waals surface area (Å²) < 4.78 is 5.04. The van der Waals surface area contributed by atoms with Gasteiger partial charge in [-0.25, -0.2) is 0 Å². The fourth-order valence-corrected chi connectivity index (χ4v) is 3.52. The van der Waals surface area contributed by atoms with Crippen LogP contribution < -0.4 is 5.32 Å². The Morgan fingerprint density at radius 1 is 1.19 bits per heavy atom. The van der Waals surface area contributed by atoms with E-state index in [0.29, 0.717) is 11.4 Å². The van der Waals surface area contributed by atoms with Crippen molar-refractivity contribution in [1.82, 2.24) is 20.7 Å². The number of carboxylic acid groups (broad SMARTS) is 1. The smallest absolute Gasteiger partial charge is 0.308 e. The molecule has 0 aliphatic heterocycles. The minimum Gasteiger partial charge on any atom is -0.481 e. The van der Waals surface area contributed by atoms with Gasteiger partial charge in [-0.2, -0.15) is 15.4 Å². The van der Waals surface area contributed by atoms with E-state index in [4.69, 9.17) is 16.3 Å². The summed E-state index contributed by atoms with van der Waals surface area (Å²) in [6.07, 6.45) is 1.98. The third-order valence-corrected chi connectivity index (χ3v) is 5.10. The first-order valence-electron chi connectivity index (χ1n) is 9.69. The number of methoxy groups -OCH3 is 1. The molecule has 0 aliphatic carbocycles. The highest BCUT2D eigenvalue weighted by atomic mass is 35.5. The number of aromatic nitrogens is 3. The first-order chi connectivity index (χ1) is 15.0. The van der Waals surface area contributed by atoms with E-state index in [9.17, 15) is 14.7 Å². The van der Waals surface area contributed by atoms with Crippen molar-refractivity contribution >= 4 is 23.5 Å². The van der Waals surface area contributed by atoms with Gasteiger partial charge in [0.2, 0.25) is 0 Å². The van der Waals surface area contributed by atoms with Crippen LogP contribution in [0.5, 0.6) is 0 Å². The molecule has 3 N–H and O–H groups in total. The molecule has 0 saturated carbocycles. The molecule has 2 aromatic carbocycles. The molecule has 9 heteroatoms. The van der Waals surface area contributed by atoms with Crippen molar-refractivity contribution in [2.24, 2.45) is 5.92 Å². The third-order valence-electron chi connectivity index (χ3n) is 4.86. The lowest BCUT2D eigenvalue weighted by atomic mass is 9.94. The standard InChI is InChI=1S/C22H23ClN4O4/c1-31-13-17(22(29)30)11-19(25-21(28)20-12-24-27-26-20)9-14-5-7-15(8-6-14)16-3-2-4-18(23)10-16/h2-8,10,12,17,19H,9,11,13H2,1H3,(H,25,28)(H,29,30)(H,24,26,27). The van der Waals surface area contributed by atoms with Crippen molar-refractivity contribution in [1.29, 1.82) is 0 Å². The second-order valence-electron chi connectivity index (χ2n) is 7.16. The number of carbonyl (C=O) groups excluding carboxylic acids is 1. The van der Waals surface area contributed by atoms with E-state index >= 15 is 0 Å². The minimum atomic E-state index is -0.973. The normalized spacial score (nSPS) is 12.8. The number of ether oxygens (including phenoxy) is 1. The quantitative estimate of drug-likeness (QED) is 0.444. The molecule has 31 heavy (non-hydrogen) atoms. The Morgan fingerprint density at radius 2 is 1.97 bits per heavy atom. The number of amides is 1. The Balaban J connectivity index is 1.76. The van der Waals surface area contributed by atoms with Gasteiger partial charge in [-0.05, 0) is 41.7 Å². The number of carbonyl (C=O) groups is 2. The molecular weight excluding hydrogens is 420 g/mol. The van der Waals surface area contributed by atoms with E-state index in [0.717, 1.165) is 16.7 Å². The fourth-order valence-electron chi connectivity index (χ4n) is 3.33. The SMILES string of the molecule is COCC(CC(Cc1ccc(-c2cccc(Cl)c2)cc1)NC(=O)c1cn[nH]n1)C(=O)O. The van der Waals surface area contributed by atoms with Gasteiger partial charge in [0.05, 0.1) is 18.7 Å². The molecule has 8 nitrogen and oxygen atoms in total. The van der Waals surface area contributed by atoms with Crippen molar-refractivity contribution in [3.8, 4) is 11.1 Å². The molecule has 0 fully saturated rings. The maximum atomic E-state index is 12.5. The van der Waals surface area contributed by atoms with Gasteiger partial charge in [0, 0.05) is 18.2 Å². The van der Waals surface area contributed by atoms with Crippen LogP contribution in [0.1, 0.15) is 22.5 Å². The molecule has 1 aromatic heterocycles. The van der Waals surface area contributed by atoms with E-state index in [1.807, 2.05) is 48.5 Å². The zero-order valence-electron chi connectivity index (χ0n) is 16.9. The summed E-state index contributed by atoms with van der Waals surface area (Å²) in [5, 5.41) is 22.8. The van der Waals surface area contributed by atoms with Crippen molar-refractivity contribution in [3.05, 3.63) is 71.0 Å². The van der Waals surface area contributed by atoms with Gasteiger partial charge < -0.3 is 15.2 Å². The Morgan fingerprint density at radius 3 is 2.58 bits per heavy atom. The zero-order valence-corrected chi connectivity index (χ0v) is 17.7. The number of carboxylic acids is 1. The zero-order chi connectivity index (χ0) is 22.2. The number of aliphatic carboxylic acids is 1. The molecule has 3 rings (SSSR count). The minimum absolute atomic E-state index is 0.0549.